The molecule has 0 unspecified atom stereocenters. The van der Waals surface area contributed by atoms with E-state index < -0.39 is 47.4 Å². The SMILES string of the molecule is CC(C)[Si]1(C(C)C)OC[C@H]2O[C@@H](n3ccc(NC(=O)c4ccccc4)nc3=O)[C@H](O)[C@@H]2O[Si](C(C)C)(C(C)C)O1. The van der Waals surface area contributed by atoms with E-state index in [2.05, 4.69) is 65.7 Å². The molecule has 2 aromatic rings. The molecule has 0 bridgehead atoms. The lowest BCUT2D eigenvalue weighted by molar-refractivity contribution is -0.0600. The van der Waals surface area contributed by atoms with Crippen LogP contribution in [0.5, 0.6) is 0 Å². The highest BCUT2D eigenvalue weighted by Gasteiger charge is 2.61. The third kappa shape index (κ3) is 5.63. The van der Waals surface area contributed by atoms with E-state index in [0.29, 0.717) is 5.56 Å². The number of aliphatic hydroxyl groups excluding tert-OH is 1. The second kappa shape index (κ2) is 12.0. The number of hydrogen-bond acceptors (Lipinski definition) is 8. The van der Waals surface area contributed by atoms with E-state index in [0.717, 1.165) is 0 Å². The van der Waals surface area contributed by atoms with Crippen LogP contribution in [0.1, 0.15) is 72.0 Å². The summed E-state index contributed by atoms with van der Waals surface area (Å²) in [6.45, 7) is 17.2. The lowest BCUT2D eigenvalue weighted by Crippen LogP contribution is -2.65. The first-order valence-corrected chi connectivity index (χ1v) is 18.1. The third-order valence-corrected chi connectivity index (χ3v) is 18.3. The zero-order chi connectivity index (χ0) is 29.4. The fourth-order valence-corrected chi connectivity index (χ4v) is 17.0. The van der Waals surface area contributed by atoms with Crippen molar-refractivity contribution < 1.29 is 27.6 Å². The molecule has 2 N–H and O–H groups in total. The lowest BCUT2D eigenvalue weighted by atomic mass is 10.1. The summed E-state index contributed by atoms with van der Waals surface area (Å²) in [6, 6.07) is 10.2. The molecule has 0 saturated carbocycles. The maximum atomic E-state index is 13.1. The number of nitrogens with zero attached hydrogens (tertiary/aromatic N) is 2. The Bertz CT molecular complexity index is 1220. The highest BCUT2D eigenvalue weighted by Crippen LogP contribution is 2.48. The summed E-state index contributed by atoms with van der Waals surface area (Å²) in [7, 11) is -5.74. The van der Waals surface area contributed by atoms with Crippen molar-refractivity contribution in [3.63, 3.8) is 0 Å². The van der Waals surface area contributed by atoms with Gasteiger partial charge in [0.1, 0.15) is 24.1 Å². The first-order chi connectivity index (χ1) is 18.8. The number of hydrogen-bond donors (Lipinski definition) is 2. The summed E-state index contributed by atoms with van der Waals surface area (Å²) in [5.74, 6) is -0.268. The van der Waals surface area contributed by atoms with Gasteiger partial charge in [-0.1, -0.05) is 73.6 Å². The van der Waals surface area contributed by atoms with Crippen molar-refractivity contribution in [1.82, 2.24) is 9.55 Å². The van der Waals surface area contributed by atoms with Crippen molar-refractivity contribution >= 4 is 28.8 Å². The van der Waals surface area contributed by atoms with Gasteiger partial charge >= 0.3 is 22.8 Å². The predicted octanol–water partition coefficient (Wildman–Crippen LogP) is 4.71. The average molecular weight is 590 g/mol. The summed E-state index contributed by atoms with van der Waals surface area (Å²) < 4.78 is 28.3. The molecule has 1 aromatic heterocycles. The van der Waals surface area contributed by atoms with Crippen molar-refractivity contribution in [3.8, 4) is 0 Å². The molecule has 2 saturated heterocycles. The molecule has 1 aromatic carbocycles. The maximum absolute atomic E-state index is 13.1. The van der Waals surface area contributed by atoms with Crippen LogP contribution in [0.2, 0.25) is 22.2 Å². The predicted molar refractivity (Wildman–Crippen MR) is 157 cm³/mol. The van der Waals surface area contributed by atoms with Gasteiger partial charge < -0.3 is 28.1 Å². The number of fused-ring (bicyclic) bond motifs is 1. The molecule has 220 valence electrons. The zero-order valence-corrected chi connectivity index (χ0v) is 26.7. The van der Waals surface area contributed by atoms with Crippen molar-refractivity contribution in [2.24, 2.45) is 0 Å². The standard InChI is InChI=1S/C28H43N3O7Si2/c1-17(2)39(18(3)4)35-16-22-25(37-40(38-39,19(5)6)20(7)8)24(32)27(36-22)31-15-14-23(30-28(31)34)29-26(33)21-12-10-9-11-13-21/h9-15,17-20,22,24-25,27,32H,16H2,1-8H3,(H,29,30,33,34)/t22-,24-,25-,27-/m1/s1. The largest absolute Gasteiger partial charge is 0.414 e. The fourth-order valence-electron chi connectivity index (χ4n) is 5.82. The summed E-state index contributed by atoms with van der Waals surface area (Å²) in [5.41, 5.74) is 0.300. The number of aromatic nitrogens is 2. The van der Waals surface area contributed by atoms with Gasteiger partial charge in [-0.15, -0.1) is 0 Å². The number of amides is 1. The van der Waals surface area contributed by atoms with Gasteiger partial charge in [-0.05, 0) is 40.4 Å². The highest BCUT2D eigenvalue weighted by atomic mass is 28.5. The zero-order valence-electron chi connectivity index (χ0n) is 24.7. The number of rotatable bonds is 7. The molecule has 0 aliphatic carbocycles. The lowest BCUT2D eigenvalue weighted by Gasteiger charge is -2.51. The molecule has 3 heterocycles. The Kier molecular flexibility index (Phi) is 9.20. The average Bonchev–Trinajstić information content (AvgIpc) is 3.18. The van der Waals surface area contributed by atoms with Crippen molar-refractivity contribution in [2.75, 3.05) is 11.9 Å². The molecular weight excluding hydrogens is 546 g/mol. The van der Waals surface area contributed by atoms with Crippen LogP contribution in [0.25, 0.3) is 0 Å². The third-order valence-electron chi connectivity index (χ3n) is 8.02. The van der Waals surface area contributed by atoms with Crippen LogP contribution in [-0.4, -0.2) is 62.6 Å². The van der Waals surface area contributed by atoms with Crippen LogP contribution in [0, 0.1) is 0 Å². The molecule has 40 heavy (non-hydrogen) atoms. The van der Waals surface area contributed by atoms with E-state index in [1.807, 2.05) is 6.07 Å². The monoisotopic (exact) mass is 589 g/mol. The van der Waals surface area contributed by atoms with Gasteiger partial charge in [0.25, 0.3) is 5.91 Å². The summed E-state index contributed by atoms with van der Waals surface area (Å²) in [6.07, 6.45) is -2.05. The van der Waals surface area contributed by atoms with E-state index in [9.17, 15) is 14.7 Å². The Morgan fingerprint density at radius 3 is 2.12 bits per heavy atom. The number of benzene rings is 1. The van der Waals surface area contributed by atoms with Crippen LogP contribution in [0.4, 0.5) is 5.82 Å². The van der Waals surface area contributed by atoms with E-state index >= 15 is 0 Å². The second-order valence-electron chi connectivity index (χ2n) is 11.9. The summed E-state index contributed by atoms with van der Waals surface area (Å²) in [5, 5.41) is 14.1. The Morgan fingerprint density at radius 1 is 0.975 bits per heavy atom. The number of aliphatic hydroxyl groups is 1. The van der Waals surface area contributed by atoms with Crippen molar-refractivity contribution in [2.45, 2.75) is 102 Å². The van der Waals surface area contributed by atoms with Crippen LogP contribution in [0.15, 0.2) is 47.4 Å². The Labute approximate surface area is 238 Å². The number of anilines is 1. The molecule has 1 amide bonds. The van der Waals surface area contributed by atoms with Crippen molar-refractivity contribution in [3.05, 3.63) is 58.6 Å². The van der Waals surface area contributed by atoms with Crippen LogP contribution in [-0.2, 0) is 17.7 Å². The van der Waals surface area contributed by atoms with Gasteiger partial charge in [0.15, 0.2) is 6.23 Å². The Balaban J connectivity index is 1.64. The topological polar surface area (TPSA) is 121 Å². The molecule has 4 atom stereocenters. The second-order valence-corrected chi connectivity index (χ2v) is 20.8. The quantitative estimate of drug-likeness (QED) is 0.446. The van der Waals surface area contributed by atoms with Crippen LogP contribution < -0.4 is 11.0 Å². The number of nitrogens with one attached hydrogen (secondary N) is 1. The molecule has 12 heteroatoms. The first kappa shape index (κ1) is 30.8. The van der Waals surface area contributed by atoms with E-state index in [1.54, 1.807) is 24.3 Å². The molecule has 4 rings (SSSR count). The van der Waals surface area contributed by atoms with E-state index in [-0.39, 0.29) is 40.5 Å². The first-order valence-electron chi connectivity index (χ1n) is 14.1. The smallest absolute Gasteiger partial charge is 0.351 e. The van der Waals surface area contributed by atoms with E-state index in [1.165, 1.54) is 16.8 Å². The molecular formula is C28H43N3O7Si2. The molecule has 0 radical (unpaired) electrons. The molecule has 2 fully saturated rings. The summed E-state index contributed by atoms with van der Waals surface area (Å²) >= 11 is 0. The minimum atomic E-state index is -2.97. The van der Waals surface area contributed by atoms with Crippen molar-refractivity contribution in [1.29, 1.82) is 0 Å². The van der Waals surface area contributed by atoms with Crippen LogP contribution >= 0.6 is 0 Å². The minimum absolute atomic E-state index is 0.0855. The number of ether oxygens (including phenoxy) is 1. The molecule has 2 aliphatic rings. The summed E-state index contributed by atoms with van der Waals surface area (Å²) in [4.78, 5) is 29.6. The van der Waals surface area contributed by atoms with Gasteiger partial charge in [0.2, 0.25) is 0 Å². The maximum Gasteiger partial charge on any atom is 0.351 e. The van der Waals surface area contributed by atoms with Gasteiger partial charge in [-0.3, -0.25) is 9.36 Å². The van der Waals surface area contributed by atoms with Gasteiger partial charge in [0, 0.05) is 11.8 Å². The highest BCUT2D eigenvalue weighted by molar-refractivity contribution is 6.84. The minimum Gasteiger partial charge on any atom is -0.414 e. The molecule has 0 spiro atoms. The Morgan fingerprint density at radius 2 is 1.57 bits per heavy atom. The fraction of sp³-hybridized carbons (Fsp3) is 0.607. The van der Waals surface area contributed by atoms with Gasteiger partial charge in [-0.2, -0.15) is 4.98 Å². The van der Waals surface area contributed by atoms with E-state index in [4.69, 9.17) is 17.7 Å². The normalized spacial score (nSPS) is 26.1. The number of carbonyl (C=O) groups is 1. The molecule has 10 nitrogen and oxygen atoms in total. The molecule has 2 aliphatic heterocycles. The Hall–Kier alpha value is -2.20. The van der Waals surface area contributed by atoms with Crippen LogP contribution in [0.3, 0.4) is 0 Å². The van der Waals surface area contributed by atoms with Gasteiger partial charge in [0.05, 0.1) is 6.61 Å². The number of carbonyl (C=O) groups excluding carboxylic acids is 1. The van der Waals surface area contributed by atoms with Gasteiger partial charge in [-0.25, -0.2) is 4.79 Å².